The molecule has 0 saturated carbocycles. The maximum absolute atomic E-state index is 13.2. The smallest absolute Gasteiger partial charge is 0.256 e. The molecule has 0 radical (unpaired) electrons. The third-order valence-corrected chi connectivity index (χ3v) is 5.01. The summed E-state index contributed by atoms with van der Waals surface area (Å²) in [6, 6.07) is 11.6. The number of aromatic nitrogens is 2. The zero-order chi connectivity index (χ0) is 18.1. The Morgan fingerprint density at radius 1 is 1.19 bits per heavy atom. The van der Waals surface area contributed by atoms with Crippen molar-refractivity contribution < 1.29 is 14.3 Å². The summed E-state index contributed by atoms with van der Waals surface area (Å²) in [7, 11) is 3.24. The van der Waals surface area contributed by atoms with Gasteiger partial charge in [-0.25, -0.2) is 0 Å². The van der Waals surface area contributed by atoms with Gasteiger partial charge in [0, 0.05) is 11.9 Å². The fraction of sp³-hybridized carbons (Fsp3) is 0.300. The molecule has 3 aromatic rings. The fourth-order valence-electron chi connectivity index (χ4n) is 3.72. The number of aromatic amines is 1. The largest absolute Gasteiger partial charge is 0.493 e. The summed E-state index contributed by atoms with van der Waals surface area (Å²) in [5.74, 6) is 1.39. The van der Waals surface area contributed by atoms with Crippen molar-refractivity contribution in [2.75, 3.05) is 20.8 Å². The van der Waals surface area contributed by atoms with Crippen LogP contribution in [0.1, 0.15) is 34.8 Å². The molecule has 26 heavy (non-hydrogen) atoms. The van der Waals surface area contributed by atoms with Gasteiger partial charge in [0.05, 0.1) is 37.5 Å². The number of amides is 1. The maximum Gasteiger partial charge on any atom is 0.256 e. The minimum absolute atomic E-state index is 0.0251. The summed E-state index contributed by atoms with van der Waals surface area (Å²) in [5.41, 5.74) is 2.51. The number of para-hydroxylation sites is 1. The summed E-state index contributed by atoms with van der Waals surface area (Å²) in [4.78, 5) is 15.2. The predicted molar refractivity (Wildman–Crippen MR) is 98.7 cm³/mol. The van der Waals surface area contributed by atoms with Crippen LogP contribution in [0.5, 0.6) is 11.5 Å². The molecule has 0 spiro atoms. The molecule has 4 rings (SSSR count). The van der Waals surface area contributed by atoms with Gasteiger partial charge in [0.15, 0.2) is 11.5 Å². The van der Waals surface area contributed by atoms with Gasteiger partial charge >= 0.3 is 0 Å². The van der Waals surface area contributed by atoms with E-state index in [1.54, 1.807) is 20.4 Å². The molecule has 2 heterocycles. The zero-order valence-corrected chi connectivity index (χ0v) is 14.9. The van der Waals surface area contributed by atoms with E-state index in [9.17, 15) is 4.79 Å². The van der Waals surface area contributed by atoms with Gasteiger partial charge in [0.25, 0.3) is 5.91 Å². The summed E-state index contributed by atoms with van der Waals surface area (Å²) < 4.78 is 10.7. The van der Waals surface area contributed by atoms with E-state index in [4.69, 9.17) is 9.47 Å². The lowest BCUT2D eigenvalue weighted by Crippen LogP contribution is -2.30. The SMILES string of the molecule is COc1ccc(C2CCCN2C(=O)c2cccc3cn[nH]c23)cc1OC. The number of likely N-dealkylation sites (tertiary alicyclic amines) is 1. The first kappa shape index (κ1) is 16.4. The van der Waals surface area contributed by atoms with Crippen LogP contribution in [-0.4, -0.2) is 41.8 Å². The molecule has 1 aliphatic rings. The van der Waals surface area contributed by atoms with Gasteiger partial charge in [-0.05, 0) is 36.6 Å². The lowest BCUT2D eigenvalue weighted by molar-refractivity contribution is 0.0737. The van der Waals surface area contributed by atoms with E-state index in [1.807, 2.05) is 41.3 Å². The van der Waals surface area contributed by atoms with E-state index in [2.05, 4.69) is 10.2 Å². The molecule has 1 aromatic heterocycles. The Bertz CT molecular complexity index is 950. The average molecular weight is 351 g/mol. The molecule has 1 atom stereocenters. The summed E-state index contributed by atoms with van der Waals surface area (Å²) in [5, 5.41) is 7.95. The Kier molecular flexibility index (Phi) is 4.24. The molecular weight excluding hydrogens is 330 g/mol. The minimum Gasteiger partial charge on any atom is -0.493 e. The van der Waals surface area contributed by atoms with Gasteiger partial charge in [0.2, 0.25) is 0 Å². The normalized spacial score (nSPS) is 16.8. The van der Waals surface area contributed by atoms with Gasteiger partial charge in [-0.2, -0.15) is 5.10 Å². The first-order valence-corrected chi connectivity index (χ1v) is 8.68. The molecule has 1 fully saturated rings. The number of hydrogen-bond donors (Lipinski definition) is 1. The van der Waals surface area contributed by atoms with Gasteiger partial charge in [-0.1, -0.05) is 18.2 Å². The zero-order valence-electron chi connectivity index (χ0n) is 14.9. The van der Waals surface area contributed by atoms with E-state index in [0.717, 1.165) is 35.9 Å². The number of benzene rings is 2. The highest BCUT2D eigenvalue weighted by Crippen LogP contribution is 2.38. The van der Waals surface area contributed by atoms with Gasteiger partial charge in [0.1, 0.15) is 0 Å². The van der Waals surface area contributed by atoms with Gasteiger partial charge in [-0.15, -0.1) is 0 Å². The molecule has 2 aromatic carbocycles. The lowest BCUT2D eigenvalue weighted by Gasteiger charge is -2.26. The number of hydrogen-bond acceptors (Lipinski definition) is 4. The van der Waals surface area contributed by atoms with Crippen LogP contribution in [0.2, 0.25) is 0 Å². The second-order valence-electron chi connectivity index (χ2n) is 6.41. The second-order valence-corrected chi connectivity index (χ2v) is 6.41. The number of rotatable bonds is 4. The van der Waals surface area contributed by atoms with Crippen LogP contribution in [0.3, 0.4) is 0 Å². The van der Waals surface area contributed by atoms with Crippen molar-refractivity contribution in [1.82, 2.24) is 15.1 Å². The Morgan fingerprint density at radius 3 is 2.85 bits per heavy atom. The molecule has 134 valence electrons. The maximum atomic E-state index is 13.2. The third-order valence-electron chi connectivity index (χ3n) is 5.01. The number of H-pyrrole nitrogens is 1. The molecule has 1 amide bonds. The molecular formula is C20H21N3O3. The quantitative estimate of drug-likeness (QED) is 0.780. The Labute approximate surface area is 151 Å². The number of carbonyl (C=O) groups excluding carboxylic acids is 1. The summed E-state index contributed by atoms with van der Waals surface area (Å²) >= 11 is 0. The monoisotopic (exact) mass is 351 g/mol. The Hall–Kier alpha value is -3.02. The number of methoxy groups -OCH3 is 2. The fourth-order valence-corrected chi connectivity index (χ4v) is 3.72. The highest BCUT2D eigenvalue weighted by atomic mass is 16.5. The second kappa shape index (κ2) is 6.71. The summed E-state index contributed by atoms with van der Waals surface area (Å²) in [6.07, 6.45) is 3.64. The van der Waals surface area contributed by atoms with Crippen molar-refractivity contribution in [2.24, 2.45) is 0 Å². The molecule has 1 unspecified atom stereocenters. The number of nitrogens with zero attached hydrogens (tertiary/aromatic N) is 2. The van der Waals surface area contributed by atoms with Crippen molar-refractivity contribution in [2.45, 2.75) is 18.9 Å². The van der Waals surface area contributed by atoms with Crippen LogP contribution in [0.4, 0.5) is 0 Å². The highest BCUT2D eigenvalue weighted by Gasteiger charge is 2.32. The molecule has 6 heteroatoms. The van der Waals surface area contributed by atoms with Crippen molar-refractivity contribution in [3.63, 3.8) is 0 Å². The van der Waals surface area contributed by atoms with E-state index in [0.29, 0.717) is 17.1 Å². The van der Waals surface area contributed by atoms with Crippen LogP contribution in [0.15, 0.2) is 42.6 Å². The highest BCUT2D eigenvalue weighted by molar-refractivity contribution is 6.05. The first-order valence-electron chi connectivity index (χ1n) is 8.68. The van der Waals surface area contributed by atoms with E-state index >= 15 is 0 Å². The molecule has 1 N–H and O–H groups in total. The summed E-state index contributed by atoms with van der Waals surface area (Å²) in [6.45, 7) is 0.738. The molecule has 0 aliphatic carbocycles. The Morgan fingerprint density at radius 2 is 2.04 bits per heavy atom. The third kappa shape index (κ3) is 2.67. The number of carbonyl (C=O) groups is 1. The van der Waals surface area contributed by atoms with Gasteiger partial charge < -0.3 is 14.4 Å². The first-order chi connectivity index (χ1) is 12.7. The standard InChI is InChI=1S/C20H21N3O3/c1-25-17-9-8-13(11-18(17)26-2)16-7-4-10-23(16)20(24)15-6-3-5-14-12-21-22-19(14)15/h3,5-6,8-9,11-12,16H,4,7,10H2,1-2H3,(H,21,22). The molecule has 1 aliphatic heterocycles. The average Bonchev–Trinajstić information content (AvgIpc) is 3.35. The van der Waals surface area contributed by atoms with Crippen LogP contribution in [-0.2, 0) is 0 Å². The Balaban J connectivity index is 1.68. The number of fused-ring (bicyclic) bond motifs is 1. The molecule has 6 nitrogen and oxygen atoms in total. The van der Waals surface area contributed by atoms with Crippen molar-refractivity contribution in [3.05, 3.63) is 53.7 Å². The number of nitrogens with one attached hydrogen (secondary N) is 1. The van der Waals surface area contributed by atoms with E-state index in [-0.39, 0.29) is 11.9 Å². The predicted octanol–water partition coefficient (Wildman–Crippen LogP) is 3.56. The van der Waals surface area contributed by atoms with E-state index < -0.39 is 0 Å². The van der Waals surface area contributed by atoms with Crippen LogP contribution in [0, 0.1) is 0 Å². The van der Waals surface area contributed by atoms with Gasteiger partial charge in [-0.3, -0.25) is 9.89 Å². The van der Waals surface area contributed by atoms with Crippen LogP contribution >= 0.6 is 0 Å². The van der Waals surface area contributed by atoms with Crippen molar-refractivity contribution in [3.8, 4) is 11.5 Å². The van der Waals surface area contributed by atoms with E-state index in [1.165, 1.54) is 0 Å². The minimum atomic E-state index is 0.0251. The number of ether oxygens (including phenoxy) is 2. The lowest BCUT2D eigenvalue weighted by atomic mass is 10.0. The van der Waals surface area contributed by atoms with Crippen molar-refractivity contribution in [1.29, 1.82) is 0 Å². The van der Waals surface area contributed by atoms with Crippen molar-refractivity contribution >= 4 is 16.8 Å². The molecule has 0 bridgehead atoms. The van der Waals surface area contributed by atoms with Crippen LogP contribution in [0.25, 0.3) is 10.9 Å². The molecule has 1 saturated heterocycles. The van der Waals surface area contributed by atoms with Crippen LogP contribution < -0.4 is 9.47 Å². The topological polar surface area (TPSA) is 67.5 Å².